The summed E-state index contributed by atoms with van der Waals surface area (Å²) in [4.78, 5) is 25.9. The van der Waals surface area contributed by atoms with Crippen molar-refractivity contribution in [3.05, 3.63) is 64.6 Å². The molecule has 0 fully saturated rings. The number of rotatable bonds is 11. The van der Waals surface area contributed by atoms with Crippen LogP contribution in [0.3, 0.4) is 0 Å². The van der Waals surface area contributed by atoms with Crippen LogP contribution in [0.15, 0.2) is 53.3 Å². The summed E-state index contributed by atoms with van der Waals surface area (Å²) in [6.07, 6.45) is 1.76. The average Bonchev–Trinajstić information content (AvgIpc) is 3.09. The molecule has 0 saturated heterocycles. The summed E-state index contributed by atoms with van der Waals surface area (Å²) < 4.78 is 35.0. The molecule has 3 aromatic rings. The third kappa shape index (κ3) is 6.64. The molecule has 1 aromatic heterocycles. The highest BCUT2D eigenvalue weighted by atomic mass is 32.2. The molecule has 0 unspecified atom stereocenters. The lowest BCUT2D eigenvalue weighted by atomic mass is 10.1. The molecule has 0 aliphatic heterocycles. The van der Waals surface area contributed by atoms with Gasteiger partial charge in [0.25, 0.3) is 10.1 Å². The van der Waals surface area contributed by atoms with Crippen LogP contribution in [0.5, 0.6) is 5.75 Å². The minimum absolute atomic E-state index is 0.0324. The predicted molar refractivity (Wildman–Crippen MR) is 129 cm³/mol. The monoisotopic (exact) mass is 487 g/mol. The lowest BCUT2D eigenvalue weighted by molar-refractivity contribution is -0.120. The Morgan fingerprint density at radius 3 is 2.44 bits per heavy atom. The molecule has 10 heteroatoms. The van der Waals surface area contributed by atoms with Gasteiger partial charge in [0.05, 0.1) is 32.2 Å². The summed E-state index contributed by atoms with van der Waals surface area (Å²) in [5.41, 5.74) is 1.60. The first-order valence-corrected chi connectivity index (χ1v) is 12.7. The van der Waals surface area contributed by atoms with Gasteiger partial charge >= 0.3 is 5.69 Å². The third-order valence-corrected chi connectivity index (χ3v) is 5.62. The number of carbonyl (C=O) groups excluding carboxylic acids is 1. The van der Waals surface area contributed by atoms with Crippen molar-refractivity contribution >= 4 is 15.9 Å². The highest BCUT2D eigenvalue weighted by molar-refractivity contribution is 7.85. The Morgan fingerprint density at radius 2 is 1.82 bits per heavy atom. The molecule has 34 heavy (non-hydrogen) atoms. The fraction of sp³-hybridized carbons (Fsp3) is 0.375. The van der Waals surface area contributed by atoms with Gasteiger partial charge in [-0.2, -0.15) is 13.1 Å². The lowest BCUT2D eigenvalue weighted by Gasteiger charge is -2.08. The van der Waals surface area contributed by atoms with Crippen LogP contribution < -0.4 is 10.4 Å². The number of ketones is 1. The molecule has 0 radical (unpaired) electrons. The highest BCUT2D eigenvalue weighted by Crippen LogP contribution is 2.22. The second-order valence-corrected chi connectivity index (χ2v) is 10.1. The summed E-state index contributed by atoms with van der Waals surface area (Å²) in [5.74, 6) is 1.10. The molecule has 2 aromatic carbocycles. The van der Waals surface area contributed by atoms with Crippen molar-refractivity contribution in [1.29, 1.82) is 0 Å². The minimum atomic E-state index is -3.50. The van der Waals surface area contributed by atoms with E-state index in [1.54, 1.807) is 49.6 Å². The van der Waals surface area contributed by atoms with E-state index in [9.17, 15) is 18.0 Å². The number of carbonyl (C=O) groups is 1. The first kappa shape index (κ1) is 25.4. The van der Waals surface area contributed by atoms with Gasteiger partial charge in [-0.15, -0.1) is 5.10 Å². The van der Waals surface area contributed by atoms with Crippen molar-refractivity contribution in [1.82, 2.24) is 14.3 Å². The molecule has 3 rings (SSSR count). The smallest absolute Gasteiger partial charge is 0.351 e. The minimum Gasteiger partial charge on any atom is -0.497 e. The molecule has 0 saturated carbocycles. The highest BCUT2D eigenvalue weighted by Gasteiger charge is 2.19. The van der Waals surface area contributed by atoms with Crippen molar-refractivity contribution in [2.75, 3.05) is 20.0 Å². The molecule has 0 bridgehead atoms. The van der Waals surface area contributed by atoms with E-state index in [1.807, 2.05) is 19.9 Å². The standard InChI is InChI=1S/C24H29N3O6S/c1-17(2)14-21(28)16-26-23(19-6-5-7-22(15-19)32-3)25-27(24(26)29)20-10-8-18(9-11-20)12-13-33-34(4,30)31/h5-11,15,17H,12-14,16H2,1-4H3. The second-order valence-electron chi connectivity index (χ2n) is 8.42. The number of benzene rings is 2. The van der Waals surface area contributed by atoms with Gasteiger partial charge in [-0.1, -0.05) is 38.1 Å². The van der Waals surface area contributed by atoms with Crippen molar-refractivity contribution < 1.29 is 22.1 Å². The largest absolute Gasteiger partial charge is 0.497 e. The van der Waals surface area contributed by atoms with Gasteiger partial charge in [0.15, 0.2) is 11.6 Å². The zero-order valence-electron chi connectivity index (χ0n) is 19.7. The number of hydrogen-bond donors (Lipinski definition) is 0. The van der Waals surface area contributed by atoms with Crippen LogP contribution in [0, 0.1) is 5.92 Å². The summed E-state index contributed by atoms with van der Waals surface area (Å²) >= 11 is 0. The average molecular weight is 488 g/mol. The van der Waals surface area contributed by atoms with Gasteiger partial charge in [-0.25, -0.2) is 4.79 Å². The molecule has 0 aliphatic carbocycles. The van der Waals surface area contributed by atoms with E-state index in [-0.39, 0.29) is 24.9 Å². The summed E-state index contributed by atoms with van der Waals surface area (Å²) in [7, 11) is -1.94. The predicted octanol–water partition coefficient (Wildman–Crippen LogP) is 2.84. The fourth-order valence-corrected chi connectivity index (χ4v) is 3.88. The topological polar surface area (TPSA) is 109 Å². The lowest BCUT2D eigenvalue weighted by Crippen LogP contribution is -2.27. The first-order chi connectivity index (χ1) is 16.1. The number of aromatic nitrogens is 3. The maximum Gasteiger partial charge on any atom is 0.351 e. The van der Waals surface area contributed by atoms with E-state index in [2.05, 4.69) is 5.10 Å². The Labute approximate surface area is 199 Å². The number of ether oxygens (including phenoxy) is 1. The summed E-state index contributed by atoms with van der Waals surface area (Å²) in [5, 5.41) is 4.54. The van der Waals surface area contributed by atoms with Gasteiger partial charge in [0, 0.05) is 12.0 Å². The Morgan fingerprint density at radius 1 is 1.12 bits per heavy atom. The van der Waals surface area contributed by atoms with Crippen LogP contribution >= 0.6 is 0 Å². The van der Waals surface area contributed by atoms with Crippen LogP contribution in [-0.4, -0.2) is 48.5 Å². The summed E-state index contributed by atoms with van der Waals surface area (Å²) in [6, 6.07) is 14.2. The van der Waals surface area contributed by atoms with E-state index in [0.717, 1.165) is 11.8 Å². The van der Waals surface area contributed by atoms with Crippen LogP contribution in [0.1, 0.15) is 25.8 Å². The maximum absolute atomic E-state index is 13.3. The zero-order chi connectivity index (χ0) is 24.9. The van der Waals surface area contributed by atoms with Crippen molar-refractivity contribution in [3.8, 4) is 22.8 Å². The number of nitrogens with zero attached hydrogens (tertiary/aromatic N) is 3. The Hall–Kier alpha value is -3.24. The van der Waals surface area contributed by atoms with Crippen LogP contribution in [-0.2, 0) is 32.1 Å². The number of hydrogen-bond acceptors (Lipinski definition) is 7. The van der Waals surface area contributed by atoms with Crippen LogP contribution in [0.2, 0.25) is 0 Å². The second kappa shape index (κ2) is 10.8. The molecule has 0 aliphatic rings. The third-order valence-electron chi connectivity index (χ3n) is 5.03. The van der Waals surface area contributed by atoms with Gasteiger partial charge in [0.1, 0.15) is 5.75 Å². The van der Waals surface area contributed by atoms with E-state index < -0.39 is 15.8 Å². The number of Topliss-reactive ketones (excluding diaryl/α,β-unsaturated/α-hetero) is 1. The SMILES string of the molecule is COc1cccc(-c2nn(-c3ccc(CCOS(C)(=O)=O)cc3)c(=O)n2CC(=O)CC(C)C)c1. The van der Waals surface area contributed by atoms with E-state index in [0.29, 0.717) is 35.7 Å². The van der Waals surface area contributed by atoms with Crippen molar-refractivity contribution in [2.45, 2.75) is 33.2 Å². The Balaban J connectivity index is 1.96. The molecule has 0 spiro atoms. The van der Waals surface area contributed by atoms with E-state index in [1.165, 1.54) is 9.25 Å². The van der Waals surface area contributed by atoms with Gasteiger partial charge in [-0.05, 0) is 42.2 Å². The van der Waals surface area contributed by atoms with Gasteiger partial charge < -0.3 is 4.74 Å². The number of methoxy groups -OCH3 is 1. The Bertz CT molecular complexity index is 1310. The van der Waals surface area contributed by atoms with E-state index >= 15 is 0 Å². The molecule has 9 nitrogen and oxygen atoms in total. The summed E-state index contributed by atoms with van der Waals surface area (Å²) in [6.45, 7) is 3.86. The van der Waals surface area contributed by atoms with Crippen molar-refractivity contribution in [2.24, 2.45) is 5.92 Å². The van der Waals surface area contributed by atoms with Gasteiger partial charge in [0.2, 0.25) is 0 Å². The normalized spacial score (nSPS) is 11.7. The molecular weight excluding hydrogens is 458 g/mol. The van der Waals surface area contributed by atoms with Crippen LogP contribution in [0.4, 0.5) is 0 Å². The first-order valence-electron chi connectivity index (χ1n) is 10.9. The van der Waals surface area contributed by atoms with Gasteiger partial charge in [-0.3, -0.25) is 13.5 Å². The zero-order valence-corrected chi connectivity index (χ0v) is 20.5. The fourth-order valence-electron chi connectivity index (χ4n) is 3.49. The quantitative estimate of drug-likeness (QED) is 0.383. The molecule has 182 valence electrons. The molecule has 0 atom stereocenters. The maximum atomic E-state index is 13.3. The molecule has 0 N–H and O–H groups in total. The molecule has 1 heterocycles. The molecule has 0 amide bonds. The van der Waals surface area contributed by atoms with E-state index in [4.69, 9.17) is 8.92 Å². The molecular formula is C24H29N3O6S. The van der Waals surface area contributed by atoms with Crippen molar-refractivity contribution in [3.63, 3.8) is 0 Å². The Kier molecular flexibility index (Phi) is 8.06. The van der Waals surface area contributed by atoms with Crippen LogP contribution in [0.25, 0.3) is 17.1 Å².